The van der Waals surface area contributed by atoms with Gasteiger partial charge in [0.2, 0.25) is 0 Å². The standard InChI is InChI=1S/C27H27N7O/c1-27(35)14-28-10-9-21(27)33-26-23-18(15-6-7-15)12-29-13-20(23)32-24(34-26)17-8-11-30-25-22(17)16-4-2-3-5-19(16)31-25/h2-5,8,11-13,15,21,28,35H,6-7,9-10,14H2,1H3,(H,30,31)(H,32,33,34). The molecule has 1 saturated heterocycles. The summed E-state index contributed by atoms with van der Waals surface area (Å²) in [5.74, 6) is 1.89. The molecule has 0 bridgehead atoms. The van der Waals surface area contributed by atoms with E-state index in [0.717, 1.165) is 70.0 Å². The van der Waals surface area contributed by atoms with Crippen LogP contribution in [0.25, 0.3) is 44.2 Å². The SMILES string of the molecule is CC1(O)CNCCC1Nc1nc(-c2ccnc3[nH]c4ccccc4c23)nc2cncc(C3CC3)c12. The van der Waals surface area contributed by atoms with Crippen molar-refractivity contribution in [1.29, 1.82) is 0 Å². The third kappa shape index (κ3) is 3.44. The molecule has 5 aromatic rings. The van der Waals surface area contributed by atoms with E-state index in [1.807, 2.05) is 37.5 Å². The molecule has 0 spiro atoms. The molecule has 2 atom stereocenters. The van der Waals surface area contributed by atoms with Gasteiger partial charge in [-0.25, -0.2) is 15.0 Å². The minimum absolute atomic E-state index is 0.125. The number of hydrogen-bond acceptors (Lipinski definition) is 7. The molecule has 4 aromatic heterocycles. The summed E-state index contributed by atoms with van der Waals surface area (Å²) in [6.45, 7) is 3.27. The highest BCUT2D eigenvalue weighted by molar-refractivity contribution is 6.12. The van der Waals surface area contributed by atoms with Gasteiger partial charge in [0, 0.05) is 46.2 Å². The van der Waals surface area contributed by atoms with Crippen LogP contribution in [0.1, 0.15) is 37.7 Å². The largest absolute Gasteiger partial charge is 0.387 e. The van der Waals surface area contributed by atoms with Crippen LogP contribution in [0.5, 0.6) is 0 Å². The number of benzene rings is 1. The van der Waals surface area contributed by atoms with Gasteiger partial charge in [-0.2, -0.15) is 0 Å². The lowest BCUT2D eigenvalue weighted by atomic mass is 9.90. The van der Waals surface area contributed by atoms with E-state index in [2.05, 4.69) is 37.7 Å². The smallest absolute Gasteiger partial charge is 0.163 e. The number of aromatic nitrogens is 5. The first-order valence-corrected chi connectivity index (χ1v) is 12.3. The van der Waals surface area contributed by atoms with Crippen molar-refractivity contribution < 1.29 is 5.11 Å². The lowest BCUT2D eigenvalue weighted by molar-refractivity contribution is 0.0229. The normalized spacial score (nSPS) is 22.7. The summed E-state index contributed by atoms with van der Waals surface area (Å²) in [6.07, 6.45) is 8.70. The predicted octanol–water partition coefficient (Wildman–Crippen LogP) is 4.12. The Morgan fingerprint density at radius 2 is 1.94 bits per heavy atom. The minimum atomic E-state index is -0.886. The maximum atomic E-state index is 11.1. The quantitative estimate of drug-likeness (QED) is 0.316. The number of anilines is 1. The fourth-order valence-electron chi connectivity index (χ4n) is 5.41. The van der Waals surface area contributed by atoms with E-state index in [0.29, 0.717) is 18.3 Å². The fraction of sp³-hybridized carbons (Fsp3) is 0.333. The molecule has 2 aliphatic rings. The van der Waals surface area contributed by atoms with Gasteiger partial charge in [-0.3, -0.25) is 4.98 Å². The molecule has 1 aliphatic heterocycles. The molecule has 2 fully saturated rings. The molecule has 176 valence electrons. The van der Waals surface area contributed by atoms with Crippen LogP contribution in [0.2, 0.25) is 0 Å². The van der Waals surface area contributed by atoms with Gasteiger partial charge in [-0.15, -0.1) is 0 Å². The number of nitrogens with one attached hydrogen (secondary N) is 3. The van der Waals surface area contributed by atoms with Gasteiger partial charge in [0.15, 0.2) is 5.82 Å². The minimum Gasteiger partial charge on any atom is -0.387 e. The zero-order valence-electron chi connectivity index (χ0n) is 19.5. The van der Waals surface area contributed by atoms with Gasteiger partial charge >= 0.3 is 0 Å². The molecule has 0 radical (unpaired) electrons. The van der Waals surface area contributed by atoms with E-state index in [1.165, 1.54) is 5.56 Å². The van der Waals surface area contributed by atoms with Crippen molar-refractivity contribution in [3.8, 4) is 11.4 Å². The van der Waals surface area contributed by atoms with Crippen LogP contribution < -0.4 is 10.6 Å². The molecular formula is C27H27N7O. The molecule has 35 heavy (non-hydrogen) atoms. The third-order valence-corrected chi connectivity index (χ3v) is 7.45. The Bertz CT molecular complexity index is 1590. The number of aromatic amines is 1. The second-order valence-corrected chi connectivity index (χ2v) is 10.1. The molecule has 1 aliphatic carbocycles. The monoisotopic (exact) mass is 465 g/mol. The summed E-state index contributed by atoms with van der Waals surface area (Å²) in [7, 11) is 0. The highest BCUT2D eigenvalue weighted by Gasteiger charge is 2.36. The van der Waals surface area contributed by atoms with E-state index >= 15 is 0 Å². The second-order valence-electron chi connectivity index (χ2n) is 10.1. The summed E-state index contributed by atoms with van der Waals surface area (Å²) >= 11 is 0. The maximum absolute atomic E-state index is 11.1. The van der Waals surface area contributed by atoms with Gasteiger partial charge in [0.25, 0.3) is 0 Å². The number of piperidine rings is 1. The van der Waals surface area contributed by atoms with Crippen LogP contribution in [-0.4, -0.2) is 54.8 Å². The number of pyridine rings is 2. The summed E-state index contributed by atoms with van der Waals surface area (Å²) in [4.78, 5) is 22.6. The Balaban J connectivity index is 1.46. The average molecular weight is 466 g/mol. The van der Waals surface area contributed by atoms with Crippen molar-refractivity contribution in [1.82, 2.24) is 30.2 Å². The zero-order valence-corrected chi connectivity index (χ0v) is 19.5. The first-order chi connectivity index (χ1) is 17.1. The molecular weight excluding hydrogens is 438 g/mol. The van der Waals surface area contributed by atoms with E-state index in [9.17, 15) is 5.11 Å². The van der Waals surface area contributed by atoms with Crippen LogP contribution in [0.15, 0.2) is 48.9 Å². The lowest BCUT2D eigenvalue weighted by Gasteiger charge is -2.38. The second kappa shape index (κ2) is 7.69. The van der Waals surface area contributed by atoms with Crippen LogP contribution in [0, 0.1) is 0 Å². The Morgan fingerprint density at radius 3 is 2.80 bits per heavy atom. The molecule has 1 aromatic carbocycles. The molecule has 1 saturated carbocycles. The summed E-state index contributed by atoms with van der Waals surface area (Å²) < 4.78 is 0. The zero-order chi connectivity index (χ0) is 23.6. The molecule has 5 heterocycles. The highest BCUT2D eigenvalue weighted by Crippen LogP contribution is 2.45. The van der Waals surface area contributed by atoms with Crippen LogP contribution in [0.3, 0.4) is 0 Å². The van der Waals surface area contributed by atoms with Crippen molar-refractivity contribution in [3.05, 3.63) is 54.5 Å². The maximum Gasteiger partial charge on any atom is 0.163 e. The number of fused-ring (bicyclic) bond motifs is 4. The van der Waals surface area contributed by atoms with Crippen molar-refractivity contribution in [3.63, 3.8) is 0 Å². The molecule has 2 unspecified atom stereocenters. The van der Waals surface area contributed by atoms with Gasteiger partial charge in [-0.05, 0) is 56.3 Å². The van der Waals surface area contributed by atoms with Gasteiger partial charge in [0.05, 0.1) is 23.4 Å². The van der Waals surface area contributed by atoms with Gasteiger partial charge in [0.1, 0.15) is 11.5 Å². The van der Waals surface area contributed by atoms with Crippen LogP contribution >= 0.6 is 0 Å². The molecule has 8 heteroatoms. The molecule has 7 rings (SSSR count). The summed E-state index contributed by atoms with van der Waals surface area (Å²) in [5.41, 5.74) is 3.89. The van der Waals surface area contributed by atoms with Crippen molar-refractivity contribution in [2.75, 3.05) is 18.4 Å². The topological polar surface area (TPSA) is 112 Å². The highest BCUT2D eigenvalue weighted by atomic mass is 16.3. The van der Waals surface area contributed by atoms with Crippen LogP contribution in [-0.2, 0) is 0 Å². The third-order valence-electron chi connectivity index (χ3n) is 7.45. The Morgan fingerprint density at radius 1 is 1.06 bits per heavy atom. The molecule has 4 N–H and O–H groups in total. The predicted molar refractivity (Wildman–Crippen MR) is 137 cm³/mol. The number of hydrogen-bond donors (Lipinski definition) is 4. The molecule has 8 nitrogen and oxygen atoms in total. The first-order valence-electron chi connectivity index (χ1n) is 12.3. The van der Waals surface area contributed by atoms with E-state index in [1.54, 1.807) is 6.20 Å². The van der Waals surface area contributed by atoms with Crippen LogP contribution in [0.4, 0.5) is 5.82 Å². The number of nitrogens with zero attached hydrogens (tertiary/aromatic N) is 4. The number of β-amino-alcohol motifs (C(OH)–C–C–N with tert-alkyl or cyclic N) is 1. The van der Waals surface area contributed by atoms with Crippen molar-refractivity contribution in [2.24, 2.45) is 0 Å². The first kappa shape index (κ1) is 20.7. The number of para-hydroxylation sites is 1. The van der Waals surface area contributed by atoms with E-state index in [4.69, 9.17) is 9.97 Å². The van der Waals surface area contributed by atoms with Crippen molar-refractivity contribution >= 4 is 38.7 Å². The van der Waals surface area contributed by atoms with E-state index < -0.39 is 5.60 Å². The summed E-state index contributed by atoms with van der Waals surface area (Å²) in [6, 6.07) is 10.1. The lowest BCUT2D eigenvalue weighted by Crippen LogP contribution is -2.56. The average Bonchev–Trinajstić information content (AvgIpc) is 3.64. The summed E-state index contributed by atoms with van der Waals surface area (Å²) in [5, 5.41) is 21.1. The van der Waals surface area contributed by atoms with Crippen molar-refractivity contribution in [2.45, 2.75) is 43.7 Å². The number of rotatable bonds is 4. The van der Waals surface area contributed by atoms with Gasteiger partial charge in [-0.1, -0.05) is 18.2 Å². The number of H-pyrrole nitrogens is 1. The number of aliphatic hydroxyl groups is 1. The Kier molecular flexibility index (Phi) is 4.56. The molecule has 0 amide bonds. The Labute approximate surface area is 202 Å². The fourth-order valence-corrected chi connectivity index (χ4v) is 5.41. The van der Waals surface area contributed by atoms with E-state index in [-0.39, 0.29) is 6.04 Å². The van der Waals surface area contributed by atoms with Gasteiger partial charge < -0.3 is 20.7 Å². The Hall–Kier alpha value is -3.62.